The fourth-order valence-corrected chi connectivity index (χ4v) is 1.53. The second-order valence-corrected chi connectivity index (χ2v) is 3.22. The smallest absolute Gasteiger partial charge is 0.130 e. The minimum Gasteiger partial charge on any atom is -0.508 e. The number of hydrogen-bond acceptors (Lipinski definition) is 3. The molecule has 0 saturated carbocycles. The number of nitrogens with one attached hydrogen (secondary N) is 1. The van der Waals surface area contributed by atoms with Crippen LogP contribution in [0.15, 0.2) is 12.1 Å². The van der Waals surface area contributed by atoms with Crippen LogP contribution in [0, 0.1) is 6.92 Å². The summed E-state index contributed by atoms with van der Waals surface area (Å²) < 4.78 is 5.54. The Morgan fingerprint density at radius 3 is 3.00 bits per heavy atom. The first-order valence-electron chi connectivity index (χ1n) is 4.44. The maximum absolute atomic E-state index is 9.47. The highest BCUT2D eigenvalue weighted by atomic mass is 35.5. The first-order chi connectivity index (χ1) is 6.29. The predicted molar refractivity (Wildman–Crippen MR) is 57.3 cm³/mol. The van der Waals surface area contributed by atoms with E-state index in [2.05, 4.69) is 5.32 Å². The van der Waals surface area contributed by atoms with Crippen molar-refractivity contribution in [3.63, 3.8) is 0 Å². The number of phenolic OH excluding ortho intramolecular Hbond substituents is 1. The van der Waals surface area contributed by atoms with E-state index in [1.165, 1.54) is 0 Å². The van der Waals surface area contributed by atoms with Gasteiger partial charge < -0.3 is 15.2 Å². The minimum absolute atomic E-state index is 0. The number of aromatic hydroxyl groups is 1. The molecule has 1 heterocycles. The summed E-state index contributed by atoms with van der Waals surface area (Å²) in [7, 11) is 0. The third kappa shape index (κ3) is 1.94. The number of benzene rings is 1. The lowest BCUT2D eigenvalue weighted by molar-refractivity contribution is 0.321. The standard InChI is InChI=1S/C10H13NO2.ClH/c1-7-9(12)3-2-8-6-11-4-5-13-10(7)8;/h2-3,11-12H,4-6H2,1H3;1H. The van der Waals surface area contributed by atoms with Crippen LogP contribution in [0.5, 0.6) is 11.5 Å². The molecule has 0 bridgehead atoms. The number of rotatable bonds is 0. The zero-order chi connectivity index (χ0) is 9.26. The number of halogens is 1. The Bertz CT molecular complexity index is 328. The Balaban J connectivity index is 0.000000980. The van der Waals surface area contributed by atoms with E-state index in [1.54, 1.807) is 6.07 Å². The van der Waals surface area contributed by atoms with Gasteiger partial charge in [0.2, 0.25) is 0 Å². The van der Waals surface area contributed by atoms with Gasteiger partial charge in [-0.25, -0.2) is 0 Å². The molecular weight excluding hydrogens is 202 g/mol. The van der Waals surface area contributed by atoms with E-state index in [4.69, 9.17) is 4.74 Å². The minimum atomic E-state index is 0. The molecule has 1 aliphatic heterocycles. The van der Waals surface area contributed by atoms with E-state index in [-0.39, 0.29) is 12.4 Å². The highest BCUT2D eigenvalue weighted by Crippen LogP contribution is 2.31. The van der Waals surface area contributed by atoms with Crippen molar-refractivity contribution in [2.24, 2.45) is 0 Å². The van der Waals surface area contributed by atoms with Crippen molar-refractivity contribution < 1.29 is 9.84 Å². The van der Waals surface area contributed by atoms with Crippen LogP contribution in [0.1, 0.15) is 11.1 Å². The van der Waals surface area contributed by atoms with Crippen molar-refractivity contribution in [3.8, 4) is 11.5 Å². The van der Waals surface area contributed by atoms with E-state index in [9.17, 15) is 5.11 Å². The SMILES string of the molecule is Cc1c(O)ccc2c1OCCNC2.Cl. The lowest BCUT2D eigenvalue weighted by atomic mass is 10.1. The van der Waals surface area contributed by atoms with Crippen LogP contribution >= 0.6 is 12.4 Å². The average molecular weight is 216 g/mol. The highest BCUT2D eigenvalue weighted by Gasteiger charge is 2.12. The first-order valence-corrected chi connectivity index (χ1v) is 4.44. The molecule has 1 aromatic carbocycles. The van der Waals surface area contributed by atoms with Crippen LogP contribution in [-0.2, 0) is 6.54 Å². The lowest BCUT2D eigenvalue weighted by Crippen LogP contribution is -2.16. The van der Waals surface area contributed by atoms with Crippen molar-refractivity contribution in [1.82, 2.24) is 5.32 Å². The summed E-state index contributed by atoms with van der Waals surface area (Å²) in [4.78, 5) is 0. The number of ether oxygens (including phenoxy) is 1. The van der Waals surface area contributed by atoms with E-state index in [0.717, 1.165) is 30.0 Å². The van der Waals surface area contributed by atoms with Crippen molar-refractivity contribution >= 4 is 12.4 Å². The predicted octanol–water partition coefficient (Wildman–Crippen LogP) is 1.60. The molecule has 0 spiro atoms. The molecule has 2 N–H and O–H groups in total. The molecule has 0 amide bonds. The summed E-state index contributed by atoms with van der Waals surface area (Å²) in [5.74, 6) is 1.14. The molecule has 14 heavy (non-hydrogen) atoms. The Hall–Kier alpha value is -0.930. The number of hydrogen-bond donors (Lipinski definition) is 2. The second-order valence-electron chi connectivity index (χ2n) is 3.22. The van der Waals surface area contributed by atoms with Gasteiger partial charge in [0.15, 0.2) is 0 Å². The van der Waals surface area contributed by atoms with E-state index in [1.807, 2.05) is 13.0 Å². The molecule has 0 fully saturated rings. The van der Waals surface area contributed by atoms with Gasteiger partial charge in [-0.3, -0.25) is 0 Å². The Morgan fingerprint density at radius 2 is 2.21 bits per heavy atom. The fourth-order valence-electron chi connectivity index (χ4n) is 1.53. The highest BCUT2D eigenvalue weighted by molar-refractivity contribution is 5.85. The average Bonchev–Trinajstić information content (AvgIpc) is 2.36. The van der Waals surface area contributed by atoms with Crippen LogP contribution in [-0.4, -0.2) is 18.3 Å². The zero-order valence-electron chi connectivity index (χ0n) is 8.04. The summed E-state index contributed by atoms with van der Waals surface area (Å²) >= 11 is 0. The molecule has 0 aliphatic carbocycles. The molecule has 2 rings (SSSR count). The lowest BCUT2D eigenvalue weighted by Gasteiger charge is -2.10. The van der Waals surface area contributed by atoms with Crippen molar-refractivity contribution in [2.75, 3.05) is 13.2 Å². The molecule has 4 heteroatoms. The second kappa shape index (κ2) is 4.53. The molecular formula is C10H14ClNO2. The molecule has 0 unspecified atom stereocenters. The Morgan fingerprint density at radius 1 is 1.43 bits per heavy atom. The Kier molecular flexibility index (Phi) is 3.61. The van der Waals surface area contributed by atoms with Crippen molar-refractivity contribution in [2.45, 2.75) is 13.5 Å². The summed E-state index contributed by atoms with van der Waals surface area (Å²) in [6.45, 7) is 4.21. The van der Waals surface area contributed by atoms with Gasteiger partial charge in [0.1, 0.15) is 18.1 Å². The van der Waals surface area contributed by atoms with Gasteiger partial charge in [-0.15, -0.1) is 12.4 Å². The summed E-state index contributed by atoms with van der Waals surface area (Å²) in [6, 6.07) is 3.61. The molecule has 0 atom stereocenters. The molecule has 0 radical (unpaired) electrons. The van der Waals surface area contributed by atoms with Gasteiger partial charge in [-0.1, -0.05) is 6.07 Å². The number of fused-ring (bicyclic) bond motifs is 1. The summed E-state index contributed by atoms with van der Waals surface area (Å²) in [5, 5.41) is 12.7. The third-order valence-electron chi connectivity index (χ3n) is 2.30. The molecule has 0 saturated heterocycles. The molecule has 1 aliphatic rings. The largest absolute Gasteiger partial charge is 0.508 e. The van der Waals surface area contributed by atoms with Gasteiger partial charge in [-0.2, -0.15) is 0 Å². The molecule has 0 aromatic heterocycles. The summed E-state index contributed by atoms with van der Waals surface area (Å²) in [5.41, 5.74) is 1.95. The molecule has 78 valence electrons. The van der Waals surface area contributed by atoms with Gasteiger partial charge in [0, 0.05) is 24.2 Å². The van der Waals surface area contributed by atoms with Crippen molar-refractivity contribution in [1.29, 1.82) is 0 Å². The van der Waals surface area contributed by atoms with Crippen LogP contribution in [0.25, 0.3) is 0 Å². The summed E-state index contributed by atoms with van der Waals surface area (Å²) in [6.07, 6.45) is 0. The maximum Gasteiger partial charge on any atom is 0.130 e. The maximum atomic E-state index is 9.47. The Labute approximate surface area is 89.5 Å². The van der Waals surface area contributed by atoms with E-state index >= 15 is 0 Å². The van der Waals surface area contributed by atoms with E-state index < -0.39 is 0 Å². The zero-order valence-corrected chi connectivity index (χ0v) is 8.86. The van der Waals surface area contributed by atoms with Gasteiger partial charge in [0.25, 0.3) is 0 Å². The van der Waals surface area contributed by atoms with Gasteiger partial charge >= 0.3 is 0 Å². The van der Waals surface area contributed by atoms with Crippen LogP contribution in [0.2, 0.25) is 0 Å². The van der Waals surface area contributed by atoms with Gasteiger partial charge in [0.05, 0.1) is 0 Å². The fraction of sp³-hybridized carbons (Fsp3) is 0.400. The monoisotopic (exact) mass is 215 g/mol. The topological polar surface area (TPSA) is 41.5 Å². The quantitative estimate of drug-likeness (QED) is 0.691. The number of phenols is 1. The first kappa shape index (κ1) is 11.1. The third-order valence-corrected chi connectivity index (χ3v) is 2.30. The van der Waals surface area contributed by atoms with Crippen LogP contribution in [0.3, 0.4) is 0 Å². The van der Waals surface area contributed by atoms with Crippen molar-refractivity contribution in [3.05, 3.63) is 23.3 Å². The van der Waals surface area contributed by atoms with E-state index in [0.29, 0.717) is 12.4 Å². The molecule has 1 aromatic rings. The van der Waals surface area contributed by atoms with Gasteiger partial charge in [-0.05, 0) is 13.0 Å². The molecule has 3 nitrogen and oxygen atoms in total. The van der Waals surface area contributed by atoms with Crippen LogP contribution in [0.4, 0.5) is 0 Å². The van der Waals surface area contributed by atoms with Crippen LogP contribution < -0.4 is 10.1 Å². The normalized spacial score (nSPS) is 14.6.